The maximum Gasteiger partial charge on any atom is 0.313 e. The van der Waals surface area contributed by atoms with E-state index in [-0.39, 0.29) is 12.4 Å². The Morgan fingerprint density at radius 3 is 2.77 bits per heavy atom. The Kier molecular flexibility index (Phi) is 5.01. The largest absolute Gasteiger partial charge is 0.469 e. The highest BCUT2D eigenvalue weighted by molar-refractivity contribution is 5.90. The van der Waals surface area contributed by atoms with Gasteiger partial charge in [0.1, 0.15) is 23.1 Å². The van der Waals surface area contributed by atoms with Crippen molar-refractivity contribution in [1.29, 1.82) is 0 Å². The number of hydrogen-bond acceptors (Lipinski definition) is 4. The molecule has 3 atom stereocenters. The number of aliphatic hydroxyl groups is 1. The van der Waals surface area contributed by atoms with E-state index in [1.54, 1.807) is 18.2 Å². The predicted molar refractivity (Wildman–Crippen MR) is 97.6 cm³/mol. The molecule has 0 amide bonds. The van der Waals surface area contributed by atoms with Gasteiger partial charge >= 0.3 is 5.97 Å². The molecule has 1 N–H and O–H groups in total. The molecule has 0 aliphatic heterocycles. The summed E-state index contributed by atoms with van der Waals surface area (Å²) in [5.74, 6) is -0.619. The van der Waals surface area contributed by atoms with Gasteiger partial charge < -0.3 is 14.3 Å². The number of fused-ring (bicyclic) bond motifs is 1. The van der Waals surface area contributed by atoms with Gasteiger partial charge in [0.05, 0.1) is 13.0 Å². The van der Waals surface area contributed by atoms with Crippen molar-refractivity contribution >= 4 is 16.9 Å². The molecule has 2 aromatic rings. The van der Waals surface area contributed by atoms with E-state index >= 15 is 0 Å². The highest BCUT2D eigenvalue weighted by Crippen LogP contribution is 2.41. The monoisotopic (exact) mass is 358 g/mol. The summed E-state index contributed by atoms with van der Waals surface area (Å²) in [6, 6.07) is 7.34. The third-order valence-corrected chi connectivity index (χ3v) is 4.83. The van der Waals surface area contributed by atoms with Crippen molar-refractivity contribution in [3.63, 3.8) is 0 Å². The molecule has 1 heterocycles. The van der Waals surface area contributed by atoms with E-state index in [1.165, 1.54) is 20.1 Å². The minimum atomic E-state index is -1.42. The predicted octanol–water partition coefficient (Wildman–Crippen LogP) is 4.75. The molecule has 0 saturated heterocycles. The van der Waals surface area contributed by atoms with Crippen molar-refractivity contribution in [1.82, 2.24) is 0 Å². The Morgan fingerprint density at radius 1 is 1.42 bits per heavy atom. The average molecular weight is 358 g/mol. The molecular formula is C21H23FO4. The van der Waals surface area contributed by atoms with E-state index in [9.17, 15) is 14.3 Å². The lowest BCUT2D eigenvalue weighted by atomic mass is 9.88. The first kappa shape index (κ1) is 18.4. The molecular weight excluding hydrogens is 335 g/mol. The van der Waals surface area contributed by atoms with Gasteiger partial charge in [-0.3, -0.25) is 4.79 Å². The number of hydrogen-bond donors (Lipinski definition) is 1. The number of para-hydroxylation sites is 1. The number of carbonyl (C=O) groups is 1. The van der Waals surface area contributed by atoms with Gasteiger partial charge in [-0.25, -0.2) is 4.39 Å². The molecule has 4 nitrogen and oxygen atoms in total. The Bertz CT molecular complexity index is 875. The number of ether oxygens (including phenoxy) is 1. The van der Waals surface area contributed by atoms with Crippen LogP contribution in [0, 0.1) is 0 Å². The number of aliphatic hydroxyl groups excluding tert-OH is 1. The lowest BCUT2D eigenvalue weighted by Gasteiger charge is -2.22. The maximum atomic E-state index is 14.0. The summed E-state index contributed by atoms with van der Waals surface area (Å²) < 4.78 is 24.9. The van der Waals surface area contributed by atoms with Gasteiger partial charge in [0, 0.05) is 17.4 Å². The zero-order valence-corrected chi connectivity index (χ0v) is 15.2. The van der Waals surface area contributed by atoms with Crippen LogP contribution in [0.1, 0.15) is 50.0 Å². The van der Waals surface area contributed by atoms with Gasteiger partial charge in [0.15, 0.2) is 0 Å². The van der Waals surface area contributed by atoms with Crippen LogP contribution in [0.15, 0.2) is 52.5 Å². The van der Waals surface area contributed by atoms with Crippen molar-refractivity contribution in [3.8, 4) is 0 Å². The van der Waals surface area contributed by atoms with Crippen LogP contribution in [0.4, 0.5) is 4.39 Å². The number of allylic oxidation sites excluding steroid dienone is 2. The van der Waals surface area contributed by atoms with Crippen LogP contribution in [0.3, 0.4) is 0 Å². The normalized spacial score (nSPS) is 22.1. The molecule has 0 spiro atoms. The van der Waals surface area contributed by atoms with E-state index in [2.05, 4.69) is 0 Å². The number of furan rings is 1. The van der Waals surface area contributed by atoms with Gasteiger partial charge in [-0.05, 0) is 31.1 Å². The fraction of sp³-hybridized carbons (Fsp3) is 0.381. The van der Waals surface area contributed by atoms with Crippen LogP contribution in [0.5, 0.6) is 0 Å². The smallest absolute Gasteiger partial charge is 0.313 e. The number of halogens is 1. The zero-order valence-electron chi connectivity index (χ0n) is 15.2. The Hall–Kier alpha value is -2.40. The maximum absolute atomic E-state index is 14.0. The summed E-state index contributed by atoms with van der Waals surface area (Å²) in [5, 5.41) is 11.7. The van der Waals surface area contributed by atoms with Crippen LogP contribution in [0.25, 0.3) is 11.0 Å². The number of benzene rings is 1. The fourth-order valence-electron chi connectivity index (χ4n) is 3.36. The molecule has 0 fully saturated rings. The lowest BCUT2D eigenvalue weighted by Crippen LogP contribution is -2.18. The summed E-state index contributed by atoms with van der Waals surface area (Å²) in [6.45, 7) is 3.37. The first-order valence-corrected chi connectivity index (χ1v) is 8.73. The molecule has 1 aliphatic rings. The second-order valence-electron chi connectivity index (χ2n) is 6.78. The Morgan fingerprint density at radius 2 is 2.15 bits per heavy atom. The van der Waals surface area contributed by atoms with Crippen LogP contribution >= 0.6 is 0 Å². The molecule has 0 bridgehead atoms. The molecule has 138 valence electrons. The summed E-state index contributed by atoms with van der Waals surface area (Å²) in [4.78, 5) is 12.3. The molecule has 0 radical (unpaired) electrons. The summed E-state index contributed by atoms with van der Waals surface area (Å²) in [5.41, 5.74) is 0.359. The van der Waals surface area contributed by atoms with Gasteiger partial charge in [-0.2, -0.15) is 0 Å². The van der Waals surface area contributed by atoms with Crippen molar-refractivity contribution in [3.05, 3.63) is 59.4 Å². The van der Waals surface area contributed by atoms with Crippen LogP contribution in [0.2, 0.25) is 0 Å². The van der Waals surface area contributed by atoms with Crippen LogP contribution in [-0.2, 0) is 9.53 Å². The minimum absolute atomic E-state index is 0.180. The fourth-order valence-corrected chi connectivity index (χ4v) is 3.36. The molecule has 1 aromatic heterocycles. The van der Waals surface area contributed by atoms with Gasteiger partial charge in [-0.15, -0.1) is 0 Å². The quantitative estimate of drug-likeness (QED) is 0.784. The molecule has 26 heavy (non-hydrogen) atoms. The molecule has 1 aliphatic carbocycles. The van der Waals surface area contributed by atoms with E-state index in [1.807, 2.05) is 25.1 Å². The zero-order chi connectivity index (χ0) is 18.9. The van der Waals surface area contributed by atoms with E-state index in [4.69, 9.17) is 9.15 Å². The third kappa shape index (κ3) is 3.31. The lowest BCUT2D eigenvalue weighted by molar-refractivity contribution is -0.142. The van der Waals surface area contributed by atoms with Crippen molar-refractivity contribution in [2.75, 3.05) is 7.11 Å². The molecule has 5 heteroatoms. The van der Waals surface area contributed by atoms with Gasteiger partial charge in [0.2, 0.25) is 0 Å². The topological polar surface area (TPSA) is 59.7 Å². The third-order valence-electron chi connectivity index (χ3n) is 4.83. The van der Waals surface area contributed by atoms with Crippen molar-refractivity contribution in [2.24, 2.45) is 0 Å². The summed E-state index contributed by atoms with van der Waals surface area (Å²) in [7, 11) is 1.35. The average Bonchev–Trinajstić information content (AvgIpc) is 3.01. The molecule has 1 aromatic carbocycles. The van der Waals surface area contributed by atoms with E-state index in [0.29, 0.717) is 28.9 Å². The van der Waals surface area contributed by atoms with Crippen LogP contribution < -0.4 is 0 Å². The Labute approximate surface area is 152 Å². The summed E-state index contributed by atoms with van der Waals surface area (Å²) in [6.07, 6.45) is 4.28. The van der Waals surface area contributed by atoms with E-state index in [0.717, 1.165) is 5.39 Å². The summed E-state index contributed by atoms with van der Waals surface area (Å²) >= 11 is 0. The highest BCUT2D eigenvalue weighted by atomic mass is 19.1. The van der Waals surface area contributed by atoms with Gasteiger partial charge in [-0.1, -0.05) is 37.3 Å². The first-order chi connectivity index (χ1) is 12.4. The Balaban J connectivity index is 2.11. The number of carbonyl (C=O) groups excluding carboxylic acids is 1. The first-order valence-electron chi connectivity index (χ1n) is 8.73. The van der Waals surface area contributed by atoms with Crippen LogP contribution in [-0.4, -0.2) is 23.9 Å². The number of methoxy groups -OCH3 is 1. The number of esters is 1. The molecule has 3 unspecified atom stereocenters. The number of alkyl halides is 1. The van der Waals surface area contributed by atoms with Crippen molar-refractivity contribution < 1.29 is 23.4 Å². The van der Waals surface area contributed by atoms with Gasteiger partial charge in [0.25, 0.3) is 0 Å². The minimum Gasteiger partial charge on any atom is -0.469 e. The standard InChI is InChI=1S/C21H23FO4/c1-4-14(20(24)25-3)17-15-7-5-6-8-16(15)26-19(17)18(23)13-9-11-21(2,22)12-10-13/h5-11,14,18,23H,4,12H2,1-3H3. The van der Waals surface area contributed by atoms with E-state index < -0.39 is 17.7 Å². The van der Waals surface area contributed by atoms with Crippen molar-refractivity contribution in [2.45, 2.75) is 44.4 Å². The second-order valence-corrected chi connectivity index (χ2v) is 6.78. The SMILES string of the molecule is CCC(C(=O)OC)c1c(C(O)C2=CCC(C)(F)C=C2)oc2ccccc12. The second kappa shape index (κ2) is 7.08. The highest BCUT2D eigenvalue weighted by Gasteiger charge is 2.33. The molecule has 0 saturated carbocycles. The number of rotatable bonds is 5. The molecule has 3 rings (SSSR count).